The van der Waals surface area contributed by atoms with Gasteiger partial charge in [-0.15, -0.1) is 0 Å². The third kappa shape index (κ3) is 3.71. The fourth-order valence-electron chi connectivity index (χ4n) is 0.950. The van der Waals surface area contributed by atoms with Crippen LogP contribution in [0.4, 0.5) is 0 Å². The molecule has 0 aromatic heterocycles. The Morgan fingerprint density at radius 1 is 1.50 bits per heavy atom. The quantitative estimate of drug-likeness (QED) is 0.536. The summed E-state index contributed by atoms with van der Waals surface area (Å²) in [6.07, 6.45) is 8.14. The van der Waals surface area contributed by atoms with E-state index >= 15 is 0 Å². The fraction of sp³-hybridized carbons (Fsp3) is 0.200. The van der Waals surface area contributed by atoms with Crippen molar-refractivity contribution < 1.29 is 19.4 Å². The Kier molecular flexibility index (Phi) is 3.67. The Morgan fingerprint density at radius 3 is 2.86 bits per heavy atom. The maximum absolute atomic E-state index is 10.9. The van der Waals surface area contributed by atoms with Crippen molar-refractivity contribution >= 4 is 11.9 Å². The van der Waals surface area contributed by atoms with Crippen molar-refractivity contribution in [1.29, 1.82) is 0 Å². The van der Waals surface area contributed by atoms with Crippen LogP contribution in [0, 0.1) is 0 Å². The van der Waals surface area contributed by atoms with E-state index in [1.165, 1.54) is 0 Å². The van der Waals surface area contributed by atoms with E-state index in [1.807, 2.05) is 18.2 Å². The van der Waals surface area contributed by atoms with Crippen LogP contribution in [0.2, 0.25) is 0 Å². The first kappa shape index (κ1) is 10.2. The highest BCUT2D eigenvalue weighted by molar-refractivity contribution is 5.90. The Balaban J connectivity index is 2.24. The molecule has 0 aliphatic heterocycles. The van der Waals surface area contributed by atoms with Crippen LogP contribution in [0.3, 0.4) is 0 Å². The Hall–Kier alpha value is -1.84. The maximum Gasteiger partial charge on any atom is 0.331 e. The predicted molar refractivity (Wildman–Crippen MR) is 49.6 cm³/mol. The third-order valence-electron chi connectivity index (χ3n) is 1.61. The monoisotopic (exact) mass is 194 g/mol. The summed E-state index contributed by atoms with van der Waals surface area (Å²) >= 11 is 0. The second-order valence-electron chi connectivity index (χ2n) is 2.74. The smallest absolute Gasteiger partial charge is 0.331 e. The number of allylic oxidation sites excluding steroid dienone is 3. The molecule has 1 aliphatic carbocycles. The van der Waals surface area contributed by atoms with Gasteiger partial charge in [-0.1, -0.05) is 18.2 Å². The molecule has 0 fully saturated rings. The lowest BCUT2D eigenvalue weighted by atomic mass is 10.2. The molecule has 0 saturated carbocycles. The summed E-state index contributed by atoms with van der Waals surface area (Å²) in [6, 6.07) is 0. The van der Waals surface area contributed by atoms with E-state index in [4.69, 9.17) is 9.84 Å². The number of carboxylic acids is 1. The molecule has 0 amide bonds. The van der Waals surface area contributed by atoms with Crippen molar-refractivity contribution in [2.75, 3.05) is 6.61 Å². The SMILES string of the molecule is O=C(O)C=CC(=O)OCC1=CC=CC1. The average Bonchev–Trinajstić information content (AvgIpc) is 2.63. The van der Waals surface area contributed by atoms with Crippen molar-refractivity contribution in [2.24, 2.45) is 0 Å². The minimum atomic E-state index is -1.16. The van der Waals surface area contributed by atoms with Crippen molar-refractivity contribution in [3.63, 3.8) is 0 Å². The molecule has 0 aromatic carbocycles. The third-order valence-corrected chi connectivity index (χ3v) is 1.61. The summed E-state index contributed by atoms with van der Waals surface area (Å²) in [5.74, 6) is -1.80. The van der Waals surface area contributed by atoms with Gasteiger partial charge in [-0.3, -0.25) is 0 Å². The van der Waals surface area contributed by atoms with Crippen LogP contribution in [-0.2, 0) is 14.3 Å². The molecular weight excluding hydrogens is 184 g/mol. The van der Waals surface area contributed by atoms with Crippen LogP contribution in [0.15, 0.2) is 36.0 Å². The molecule has 0 bridgehead atoms. The number of ether oxygens (including phenoxy) is 1. The molecule has 0 atom stereocenters. The molecule has 14 heavy (non-hydrogen) atoms. The minimum Gasteiger partial charge on any atom is -0.478 e. The molecule has 0 heterocycles. The average molecular weight is 194 g/mol. The van der Waals surface area contributed by atoms with Gasteiger partial charge < -0.3 is 9.84 Å². The van der Waals surface area contributed by atoms with Gasteiger partial charge in [0.2, 0.25) is 0 Å². The lowest BCUT2D eigenvalue weighted by molar-refractivity contribution is -0.138. The van der Waals surface area contributed by atoms with E-state index in [0.29, 0.717) is 0 Å². The number of carboxylic acid groups (broad SMARTS) is 1. The molecule has 4 heteroatoms. The Labute approximate surface area is 81.2 Å². The molecule has 0 saturated heterocycles. The highest BCUT2D eigenvalue weighted by Gasteiger charge is 2.02. The number of esters is 1. The normalized spacial score (nSPS) is 14.4. The zero-order valence-corrected chi connectivity index (χ0v) is 7.47. The first-order valence-electron chi connectivity index (χ1n) is 4.11. The van der Waals surface area contributed by atoms with Gasteiger partial charge >= 0.3 is 11.9 Å². The van der Waals surface area contributed by atoms with Gasteiger partial charge in [0.15, 0.2) is 0 Å². The van der Waals surface area contributed by atoms with Crippen molar-refractivity contribution in [3.05, 3.63) is 36.0 Å². The summed E-state index contributed by atoms with van der Waals surface area (Å²) in [5, 5.41) is 8.23. The van der Waals surface area contributed by atoms with Crippen LogP contribution in [0.5, 0.6) is 0 Å². The first-order chi connectivity index (χ1) is 6.68. The van der Waals surface area contributed by atoms with Gasteiger partial charge in [0.05, 0.1) is 0 Å². The lowest BCUT2D eigenvalue weighted by Crippen LogP contribution is -2.04. The molecule has 0 aromatic rings. The lowest BCUT2D eigenvalue weighted by Gasteiger charge is -2.01. The van der Waals surface area contributed by atoms with Crippen molar-refractivity contribution in [2.45, 2.75) is 6.42 Å². The first-order valence-corrected chi connectivity index (χ1v) is 4.11. The van der Waals surface area contributed by atoms with Gasteiger partial charge in [0.25, 0.3) is 0 Å². The van der Waals surface area contributed by atoms with Gasteiger partial charge in [-0.05, 0) is 12.0 Å². The number of hydrogen-bond acceptors (Lipinski definition) is 3. The van der Waals surface area contributed by atoms with E-state index in [9.17, 15) is 9.59 Å². The van der Waals surface area contributed by atoms with Gasteiger partial charge in [-0.25, -0.2) is 9.59 Å². The summed E-state index contributed by atoms with van der Waals surface area (Å²) < 4.78 is 4.78. The van der Waals surface area contributed by atoms with Crippen molar-refractivity contribution in [1.82, 2.24) is 0 Å². The highest BCUT2D eigenvalue weighted by Crippen LogP contribution is 2.10. The van der Waals surface area contributed by atoms with Crippen LogP contribution in [-0.4, -0.2) is 23.7 Å². The fourth-order valence-corrected chi connectivity index (χ4v) is 0.950. The van der Waals surface area contributed by atoms with Crippen molar-refractivity contribution in [3.8, 4) is 0 Å². The molecule has 0 spiro atoms. The topological polar surface area (TPSA) is 63.6 Å². The molecule has 4 nitrogen and oxygen atoms in total. The highest BCUT2D eigenvalue weighted by atomic mass is 16.5. The van der Waals surface area contributed by atoms with Gasteiger partial charge in [-0.2, -0.15) is 0 Å². The molecule has 0 unspecified atom stereocenters. The molecule has 0 radical (unpaired) electrons. The summed E-state index contributed by atoms with van der Waals surface area (Å²) in [4.78, 5) is 20.9. The molecule has 1 N–H and O–H groups in total. The Bertz CT molecular complexity index is 323. The molecule has 74 valence electrons. The van der Waals surface area contributed by atoms with E-state index in [-0.39, 0.29) is 6.61 Å². The van der Waals surface area contributed by atoms with E-state index < -0.39 is 11.9 Å². The van der Waals surface area contributed by atoms with E-state index in [0.717, 1.165) is 24.1 Å². The molecule has 1 rings (SSSR count). The second kappa shape index (κ2) is 5.01. The summed E-state index contributed by atoms with van der Waals surface area (Å²) in [6.45, 7) is 0.218. The zero-order valence-electron chi connectivity index (χ0n) is 7.47. The van der Waals surface area contributed by atoms with Crippen LogP contribution in [0.1, 0.15) is 6.42 Å². The zero-order chi connectivity index (χ0) is 10.4. The van der Waals surface area contributed by atoms with Gasteiger partial charge in [0.1, 0.15) is 6.61 Å². The predicted octanol–water partition coefficient (Wildman–Crippen LogP) is 1.06. The molecular formula is C10H10O4. The van der Waals surface area contributed by atoms with Gasteiger partial charge in [0, 0.05) is 12.2 Å². The Morgan fingerprint density at radius 2 is 2.29 bits per heavy atom. The summed E-state index contributed by atoms with van der Waals surface area (Å²) in [7, 11) is 0. The van der Waals surface area contributed by atoms with E-state index in [2.05, 4.69) is 0 Å². The van der Waals surface area contributed by atoms with Crippen LogP contribution < -0.4 is 0 Å². The maximum atomic E-state index is 10.9. The second-order valence-corrected chi connectivity index (χ2v) is 2.74. The number of carbonyl (C=O) groups is 2. The summed E-state index contributed by atoms with van der Waals surface area (Å²) in [5.41, 5.74) is 1.00. The van der Waals surface area contributed by atoms with E-state index in [1.54, 1.807) is 0 Å². The number of aliphatic carboxylic acids is 1. The molecule has 1 aliphatic rings. The number of rotatable bonds is 4. The van der Waals surface area contributed by atoms with Crippen LogP contribution >= 0.6 is 0 Å². The van der Waals surface area contributed by atoms with Crippen LogP contribution in [0.25, 0.3) is 0 Å². The standard InChI is InChI=1S/C10H10O4/c11-9(12)5-6-10(13)14-7-8-3-1-2-4-8/h1-3,5-6H,4,7H2,(H,11,12). The number of carbonyl (C=O) groups excluding carboxylic acids is 1. The minimum absolute atomic E-state index is 0.218. The largest absolute Gasteiger partial charge is 0.478 e. The number of hydrogen-bond donors (Lipinski definition) is 1.